The topological polar surface area (TPSA) is 18.5 Å². The molecule has 0 atom stereocenters. The number of hydrogen-bond acceptors (Lipinski definition) is 2. The summed E-state index contributed by atoms with van der Waals surface area (Å²) in [4.78, 5) is 0. The molecule has 0 bridgehead atoms. The minimum Gasteiger partial charge on any atom is -0.388 e. The molecule has 0 unspecified atom stereocenters. The molecule has 0 aliphatic rings. The molecule has 3 heteroatoms. The SMILES string of the molecule is CCO[Si](OCC)(c1c(C)cc(C)cc1C)c1c(C)cc(C)cc1C. The number of rotatable bonds is 6. The van der Waals surface area contributed by atoms with E-state index in [1.165, 1.54) is 43.8 Å². The molecule has 2 nitrogen and oxygen atoms in total. The van der Waals surface area contributed by atoms with Crippen LogP contribution in [0, 0.1) is 41.5 Å². The Morgan fingerprint density at radius 3 is 1.12 bits per heavy atom. The van der Waals surface area contributed by atoms with Crippen molar-refractivity contribution in [2.45, 2.75) is 55.4 Å². The van der Waals surface area contributed by atoms with E-state index >= 15 is 0 Å². The molecule has 0 N–H and O–H groups in total. The quantitative estimate of drug-likeness (QED) is 0.723. The summed E-state index contributed by atoms with van der Waals surface area (Å²) >= 11 is 0. The van der Waals surface area contributed by atoms with E-state index in [4.69, 9.17) is 8.85 Å². The number of aryl methyl sites for hydroxylation is 6. The molecule has 0 aromatic heterocycles. The van der Waals surface area contributed by atoms with Gasteiger partial charge in [0.25, 0.3) is 0 Å². The Balaban J connectivity index is 2.90. The summed E-state index contributed by atoms with van der Waals surface area (Å²) in [5, 5.41) is 2.55. The molecule has 0 saturated carbocycles. The lowest BCUT2D eigenvalue weighted by Gasteiger charge is -2.35. The molecule has 0 aliphatic heterocycles. The molecule has 0 aliphatic carbocycles. The van der Waals surface area contributed by atoms with Crippen LogP contribution in [-0.4, -0.2) is 21.8 Å². The van der Waals surface area contributed by atoms with Gasteiger partial charge in [0.05, 0.1) is 0 Å². The summed E-state index contributed by atoms with van der Waals surface area (Å²) in [7, 11) is -2.77. The highest BCUT2D eigenvalue weighted by Crippen LogP contribution is 2.20. The van der Waals surface area contributed by atoms with Crippen LogP contribution in [0.25, 0.3) is 0 Å². The molecule has 0 amide bonds. The van der Waals surface area contributed by atoms with Crippen LogP contribution < -0.4 is 10.4 Å². The van der Waals surface area contributed by atoms with Gasteiger partial charge in [-0.3, -0.25) is 0 Å². The molecule has 0 heterocycles. The van der Waals surface area contributed by atoms with Crippen molar-refractivity contribution in [2.75, 3.05) is 13.2 Å². The number of hydrogen-bond donors (Lipinski definition) is 0. The molecule has 0 fully saturated rings. The van der Waals surface area contributed by atoms with E-state index < -0.39 is 8.56 Å². The molecule has 2 rings (SSSR count). The van der Waals surface area contributed by atoms with Crippen LogP contribution >= 0.6 is 0 Å². The first kappa shape index (κ1) is 19.9. The summed E-state index contributed by atoms with van der Waals surface area (Å²) in [6.45, 7) is 18.5. The van der Waals surface area contributed by atoms with Crippen molar-refractivity contribution in [1.29, 1.82) is 0 Å². The maximum absolute atomic E-state index is 6.56. The molecular weight excluding hydrogens is 324 g/mol. The van der Waals surface area contributed by atoms with Crippen molar-refractivity contribution in [2.24, 2.45) is 0 Å². The van der Waals surface area contributed by atoms with Crippen molar-refractivity contribution in [1.82, 2.24) is 0 Å². The van der Waals surface area contributed by atoms with Crippen molar-refractivity contribution < 1.29 is 8.85 Å². The fourth-order valence-corrected chi connectivity index (χ4v) is 8.35. The Morgan fingerprint density at radius 1 is 0.600 bits per heavy atom. The predicted molar refractivity (Wildman–Crippen MR) is 110 cm³/mol. The molecule has 2 aromatic rings. The van der Waals surface area contributed by atoms with E-state index in [9.17, 15) is 0 Å². The summed E-state index contributed by atoms with van der Waals surface area (Å²) in [6, 6.07) is 9.00. The Labute approximate surface area is 154 Å². The van der Waals surface area contributed by atoms with Crippen molar-refractivity contribution in [3.63, 3.8) is 0 Å². The first-order valence-electron chi connectivity index (χ1n) is 9.21. The minimum atomic E-state index is -2.77. The highest BCUT2D eigenvalue weighted by Gasteiger charge is 2.46. The lowest BCUT2D eigenvalue weighted by molar-refractivity contribution is 0.208. The Morgan fingerprint density at radius 2 is 0.880 bits per heavy atom. The van der Waals surface area contributed by atoms with E-state index in [-0.39, 0.29) is 0 Å². The monoisotopic (exact) mass is 356 g/mol. The van der Waals surface area contributed by atoms with E-state index in [1.54, 1.807) is 0 Å². The van der Waals surface area contributed by atoms with Gasteiger partial charge in [0.2, 0.25) is 0 Å². The third-order valence-corrected chi connectivity index (χ3v) is 8.99. The van der Waals surface area contributed by atoms with Crippen LogP contribution in [-0.2, 0) is 8.85 Å². The van der Waals surface area contributed by atoms with E-state index in [1.807, 2.05) is 0 Å². The Bertz CT molecular complexity index is 653. The fraction of sp³-hybridized carbons (Fsp3) is 0.455. The van der Waals surface area contributed by atoms with Gasteiger partial charge in [-0.05, 0) is 77.6 Å². The van der Waals surface area contributed by atoms with Crippen molar-refractivity contribution in [3.8, 4) is 0 Å². The van der Waals surface area contributed by atoms with Gasteiger partial charge in [0, 0.05) is 23.6 Å². The fourth-order valence-electron chi connectivity index (χ4n) is 4.26. The largest absolute Gasteiger partial charge is 0.408 e. The van der Waals surface area contributed by atoms with Gasteiger partial charge in [-0.1, -0.05) is 35.4 Å². The van der Waals surface area contributed by atoms with Crippen LogP contribution in [0.4, 0.5) is 0 Å². The van der Waals surface area contributed by atoms with Gasteiger partial charge in [-0.25, -0.2) is 0 Å². The predicted octanol–water partition coefficient (Wildman–Crippen LogP) is 4.17. The van der Waals surface area contributed by atoms with E-state index in [0.29, 0.717) is 13.2 Å². The third kappa shape index (κ3) is 3.74. The number of benzene rings is 2. The van der Waals surface area contributed by atoms with Crippen molar-refractivity contribution in [3.05, 3.63) is 57.6 Å². The molecule has 0 radical (unpaired) electrons. The van der Waals surface area contributed by atoms with Crippen LogP contribution in [0.2, 0.25) is 0 Å². The summed E-state index contributed by atoms with van der Waals surface area (Å²) in [5.74, 6) is 0. The zero-order valence-electron chi connectivity index (χ0n) is 17.0. The first-order valence-corrected chi connectivity index (χ1v) is 11.0. The van der Waals surface area contributed by atoms with E-state index in [0.717, 1.165) is 0 Å². The van der Waals surface area contributed by atoms with Gasteiger partial charge in [0.1, 0.15) is 0 Å². The third-order valence-electron chi connectivity index (χ3n) is 4.71. The highest BCUT2D eigenvalue weighted by molar-refractivity contribution is 6.93. The van der Waals surface area contributed by atoms with Crippen LogP contribution in [0.1, 0.15) is 47.2 Å². The maximum Gasteiger partial charge on any atom is 0.408 e. The van der Waals surface area contributed by atoms with Gasteiger partial charge in [-0.15, -0.1) is 0 Å². The highest BCUT2D eigenvalue weighted by atomic mass is 28.4. The van der Waals surface area contributed by atoms with Crippen LogP contribution in [0.3, 0.4) is 0 Å². The second kappa shape index (κ2) is 7.86. The molecular formula is C22H32O2Si. The Hall–Kier alpha value is -1.42. The average molecular weight is 357 g/mol. The lowest BCUT2D eigenvalue weighted by Crippen LogP contribution is -2.66. The molecule has 2 aromatic carbocycles. The summed E-state index contributed by atoms with van der Waals surface area (Å²) < 4.78 is 13.1. The molecule has 25 heavy (non-hydrogen) atoms. The normalized spacial score (nSPS) is 11.8. The first-order chi connectivity index (χ1) is 11.8. The van der Waals surface area contributed by atoms with Gasteiger partial charge in [-0.2, -0.15) is 0 Å². The summed E-state index contributed by atoms with van der Waals surface area (Å²) in [5.41, 5.74) is 7.64. The van der Waals surface area contributed by atoms with Crippen LogP contribution in [0.15, 0.2) is 24.3 Å². The zero-order valence-corrected chi connectivity index (χ0v) is 18.0. The van der Waals surface area contributed by atoms with Gasteiger partial charge < -0.3 is 8.85 Å². The zero-order chi connectivity index (χ0) is 18.8. The summed E-state index contributed by atoms with van der Waals surface area (Å²) in [6.07, 6.45) is 0. The lowest BCUT2D eigenvalue weighted by atomic mass is 10.1. The van der Waals surface area contributed by atoms with Crippen LogP contribution in [0.5, 0.6) is 0 Å². The molecule has 0 saturated heterocycles. The minimum absolute atomic E-state index is 0.645. The second-order valence-electron chi connectivity index (χ2n) is 7.03. The molecule has 136 valence electrons. The van der Waals surface area contributed by atoms with Gasteiger partial charge in [0.15, 0.2) is 0 Å². The van der Waals surface area contributed by atoms with Gasteiger partial charge >= 0.3 is 8.56 Å². The average Bonchev–Trinajstić information content (AvgIpc) is 2.45. The Kier molecular flexibility index (Phi) is 6.25. The standard InChI is InChI=1S/C22H32O2Si/c1-9-23-25(24-10-2,21-17(5)11-15(3)12-18(21)6)22-19(7)13-16(4)14-20(22)8/h11-14H,9-10H2,1-8H3. The maximum atomic E-state index is 6.56. The van der Waals surface area contributed by atoms with E-state index in [2.05, 4.69) is 79.7 Å². The smallest absolute Gasteiger partial charge is 0.388 e. The molecule has 0 spiro atoms. The van der Waals surface area contributed by atoms with Crippen molar-refractivity contribution >= 4 is 18.9 Å². The second-order valence-corrected chi connectivity index (χ2v) is 9.84.